The molecule has 2 rings (SSSR count). The molecule has 0 aromatic heterocycles. The summed E-state index contributed by atoms with van der Waals surface area (Å²) < 4.78 is 45.3. The first-order valence-electron chi connectivity index (χ1n) is 8.27. The lowest BCUT2D eigenvalue weighted by molar-refractivity contribution is -0.129. The number of nitriles is 1. The Kier molecular flexibility index (Phi) is 7.98. The summed E-state index contributed by atoms with van der Waals surface area (Å²) in [5.41, 5.74) is 0.846. The number of halogens is 3. The van der Waals surface area contributed by atoms with E-state index in [1.165, 1.54) is 43.5 Å². The largest absolute Gasteiger partial charge is 0.493 e. The number of rotatable bonds is 8. The zero-order valence-electron chi connectivity index (χ0n) is 15.4. The van der Waals surface area contributed by atoms with Gasteiger partial charge in [-0.2, -0.15) is 14.0 Å². The fourth-order valence-electron chi connectivity index (χ4n) is 2.27. The first-order valence-corrected chi connectivity index (χ1v) is 9.06. The maximum absolute atomic E-state index is 12.4. The number of carbonyl (C=O) groups is 1. The molecule has 2 aromatic rings. The van der Waals surface area contributed by atoms with Crippen LogP contribution in [0.5, 0.6) is 23.0 Å². The van der Waals surface area contributed by atoms with Crippen LogP contribution in [0.15, 0.2) is 40.9 Å². The highest BCUT2D eigenvalue weighted by molar-refractivity contribution is 9.10. The molecule has 9 heteroatoms. The van der Waals surface area contributed by atoms with Crippen LogP contribution >= 0.6 is 15.9 Å². The molecule has 2 aromatic carbocycles. The first-order chi connectivity index (χ1) is 13.9. The topological polar surface area (TPSA) is 77.8 Å². The van der Waals surface area contributed by atoms with Gasteiger partial charge in [-0.15, -0.1) is 0 Å². The van der Waals surface area contributed by atoms with Crippen LogP contribution in [0.1, 0.15) is 18.1 Å². The number of hydrogen-bond acceptors (Lipinski definition) is 6. The highest BCUT2D eigenvalue weighted by Gasteiger charge is 2.15. The van der Waals surface area contributed by atoms with Crippen LogP contribution in [-0.2, 0) is 4.79 Å². The van der Waals surface area contributed by atoms with Gasteiger partial charge in [-0.1, -0.05) is 6.07 Å². The van der Waals surface area contributed by atoms with Crippen LogP contribution < -0.4 is 18.9 Å². The smallest absolute Gasteiger partial charge is 0.387 e. The quantitative estimate of drug-likeness (QED) is 0.310. The van der Waals surface area contributed by atoms with E-state index in [9.17, 15) is 13.6 Å². The zero-order valence-corrected chi connectivity index (χ0v) is 17.0. The van der Waals surface area contributed by atoms with E-state index in [1.807, 2.05) is 6.07 Å². The zero-order chi connectivity index (χ0) is 21.4. The molecule has 0 amide bonds. The second-order valence-electron chi connectivity index (χ2n) is 5.37. The molecule has 152 valence electrons. The van der Waals surface area contributed by atoms with Gasteiger partial charge in [0.2, 0.25) is 0 Å². The van der Waals surface area contributed by atoms with Crippen molar-refractivity contribution < 1.29 is 32.5 Å². The number of hydrogen-bond donors (Lipinski definition) is 0. The highest BCUT2D eigenvalue weighted by Crippen LogP contribution is 2.37. The van der Waals surface area contributed by atoms with Gasteiger partial charge < -0.3 is 18.9 Å². The van der Waals surface area contributed by atoms with Crippen LogP contribution in [0, 0.1) is 11.3 Å². The Morgan fingerprint density at radius 3 is 2.62 bits per heavy atom. The molecule has 0 saturated carbocycles. The van der Waals surface area contributed by atoms with E-state index in [4.69, 9.17) is 19.5 Å². The molecule has 0 bridgehead atoms. The molecule has 0 N–H and O–H groups in total. The predicted molar refractivity (Wildman–Crippen MR) is 104 cm³/mol. The van der Waals surface area contributed by atoms with Gasteiger partial charge in [0.05, 0.1) is 29.8 Å². The van der Waals surface area contributed by atoms with Crippen LogP contribution in [0.4, 0.5) is 8.78 Å². The van der Waals surface area contributed by atoms with Gasteiger partial charge in [-0.25, -0.2) is 4.79 Å². The molecule has 0 heterocycles. The minimum absolute atomic E-state index is 0.0919. The van der Waals surface area contributed by atoms with Gasteiger partial charge in [0, 0.05) is 12.1 Å². The van der Waals surface area contributed by atoms with E-state index in [1.54, 1.807) is 6.92 Å². The van der Waals surface area contributed by atoms with E-state index in [0.717, 1.165) is 6.08 Å². The fraction of sp³-hybridized carbons (Fsp3) is 0.200. The molecule has 0 fully saturated rings. The number of alkyl halides is 2. The third-order valence-electron chi connectivity index (χ3n) is 3.46. The van der Waals surface area contributed by atoms with E-state index in [2.05, 4.69) is 20.7 Å². The van der Waals surface area contributed by atoms with Crippen LogP contribution in [0.2, 0.25) is 0 Å². The molecule has 0 spiro atoms. The molecule has 0 atom stereocenters. The molecule has 0 saturated heterocycles. The Hall–Kier alpha value is -3.12. The summed E-state index contributed by atoms with van der Waals surface area (Å²) >= 11 is 3.26. The lowest BCUT2D eigenvalue weighted by Gasteiger charge is -2.12. The van der Waals surface area contributed by atoms with Crippen molar-refractivity contribution in [2.24, 2.45) is 0 Å². The summed E-state index contributed by atoms with van der Waals surface area (Å²) in [6.45, 7) is -0.910. The summed E-state index contributed by atoms with van der Waals surface area (Å²) in [6, 6.07) is 9.17. The van der Waals surface area contributed by atoms with Crippen molar-refractivity contribution in [3.05, 3.63) is 52.0 Å². The Morgan fingerprint density at radius 2 is 2.00 bits per heavy atom. The Morgan fingerprint density at radius 1 is 1.24 bits per heavy atom. The molecule has 0 unspecified atom stereocenters. The van der Waals surface area contributed by atoms with Gasteiger partial charge in [-0.3, -0.25) is 0 Å². The number of carbonyl (C=O) groups excluding carboxylic acids is 1. The average molecular weight is 468 g/mol. The van der Waals surface area contributed by atoms with Crippen LogP contribution in [0.25, 0.3) is 6.08 Å². The number of esters is 1. The number of ether oxygens (including phenoxy) is 4. The number of methoxy groups -OCH3 is 1. The molecule has 0 aliphatic rings. The standard InChI is InChI=1S/C20H16BrF2NO5/c1-3-27-17-10-13(11-24)8-14(21)19(17)29-18(25)7-5-12-4-6-15(28-20(22)23)16(9-12)26-2/h4-10,20H,3H2,1-2H3/b7-5+. The summed E-state index contributed by atoms with van der Waals surface area (Å²) in [7, 11) is 1.31. The third-order valence-corrected chi connectivity index (χ3v) is 4.05. The van der Waals surface area contributed by atoms with Gasteiger partial charge in [0.1, 0.15) is 0 Å². The normalized spacial score (nSPS) is 10.7. The molecular weight excluding hydrogens is 452 g/mol. The minimum Gasteiger partial charge on any atom is -0.493 e. The number of benzene rings is 2. The average Bonchev–Trinajstić information content (AvgIpc) is 2.69. The van der Waals surface area contributed by atoms with Gasteiger partial charge in [0.15, 0.2) is 23.0 Å². The van der Waals surface area contributed by atoms with Crippen molar-refractivity contribution in [3.8, 4) is 29.1 Å². The summed E-state index contributed by atoms with van der Waals surface area (Å²) in [5.74, 6) is -0.350. The summed E-state index contributed by atoms with van der Waals surface area (Å²) in [5, 5.41) is 9.04. The predicted octanol–water partition coefficient (Wildman–Crippen LogP) is 4.95. The minimum atomic E-state index is -2.98. The van der Waals surface area contributed by atoms with E-state index in [-0.39, 0.29) is 23.0 Å². The SMILES string of the molecule is CCOc1cc(C#N)cc(Br)c1OC(=O)/C=C/c1ccc(OC(F)F)c(OC)c1. The highest BCUT2D eigenvalue weighted by atomic mass is 79.9. The first kappa shape index (κ1) is 22.2. The summed E-state index contributed by atoms with van der Waals surface area (Å²) in [6.07, 6.45) is 2.58. The third kappa shape index (κ3) is 6.19. The Balaban J connectivity index is 2.19. The van der Waals surface area contributed by atoms with Crippen molar-refractivity contribution >= 4 is 28.0 Å². The lowest BCUT2D eigenvalue weighted by atomic mass is 10.2. The lowest BCUT2D eigenvalue weighted by Crippen LogP contribution is -2.07. The molecule has 0 aliphatic carbocycles. The van der Waals surface area contributed by atoms with Crippen LogP contribution in [-0.4, -0.2) is 26.3 Å². The molecule has 0 aliphatic heterocycles. The maximum Gasteiger partial charge on any atom is 0.387 e. The molecule has 6 nitrogen and oxygen atoms in total. The summed E-state index contributed by atoms with van der Waals surface area (Å²) in [4.78, 5) is 12.2. The Labute approximate surface area is 174 Å². The molecular formula is C20H16BrF2NO5. The van der Waals surface area contributed by atoms with Crippen molar-refractivity contribution in [2.45, 2.75) is 13.5 Å². The van der Waals surface area contributed by atoms with Crippen LogP contribution in [0.3, 0.4) is 0 Å². The van der Waals surface area contributed by atoms with Crippen molar-refractivity contribution in [2.75, 3.05) is 13.7 Å². The second kappa shape index (κ2) is 10.4. The Bertz CT molecular complexity index is 957. The number of nitrogens with zero attached hydrogens (tertiary/aromatic N) is 1. The van der Waals surface area contributed by atoms with E-state index in [0.29, 0.717) is 22.2 Å². The van der Waals surface area contributed by atoms with Crippen molar-refractivity contribution in [1.29, 1.82) is 5.26 Å². The molecule has 0 radical (unpaired) electrons. The van der Waals surface area contributed by atoms with E-state index >= 15 is 0 Å². The maximum atomic E-state index is 12.4. The van der Waals surface area contributed by atoms with Gasteiger partial charge >= 0.3 is 12.6 Å². The monoisotopic (exact) mass is 467 g/mol. The van der Waals surface area contributed by atoms with Crippen molar-refractivity contribution in [1.82, 2.24) is 0 Å². The van der Waals surface area contributed by atoms with Gasteiger partial charge in [-0.05, 0) is 52.7 Å². The van der Waals surface area contributed by atoms with Gasteiger partial charge in [0.25, 0.3) is 0 Å². The van der Waals surface area contributed by atoms with E-state index < -0.39 is 12.6 Å². The second-order valence-corrected chi connectivity index (χ2v) is 6.23. The van der Waals surface area contributed by atoms with Crippen molar-refractivity contribution in [3.63, 3.8) is 0 Å². The fourth-order valence-corrected chi connectivity index (χ4v) is 2.80. The molecule has 29 heavy (non-hydrogen) atoms.